The molecule has 1 aromatic carbocycles. The second-order valence-corrected chi connectivity index (χ2v) is 5.05. The highest BCUT2D eigenvalue weighted by molar-refractivity contribution is 6.33. The Morgan fingerprint density at radius 1 is 1.39 bits per heavy atom. The zero-order valence-corrected chi connectivity index (χ0v) is 10.5. The number of aromatic carboxylic acids is 1. The number of anilines is 1. The first-order valence-corrected chi connectivity index (χ1v) is 5.89. The van der Waals surface area contributed by atoms with Crippen molar-refractivity contribution >= 4 is 29.3 Å². The second-order valence-electron chi connectivity index (χ2n) is 4.64. The lowest BCUT2D eigenvalue weighted by molar-refractivity contribution is 0.0697. The lowest BCUT2D eigenvalue weighted by atomic mass is 10.2. The maximum atomic E-state index is 11.6. The number of hydrogen-bond acceptors (Lipinski definition) is 2. The predicted molar refractivity (Wildman–Crippen MR) is 68.2 cm³/mol. The van der Waals surface area contributed by atoms with Gasteiger partial charge in [0.15, 0.2) is 0 Å². The minimum absolute atomic E-state index is 0.0351. The highest BCUT2D eigenvalue weighted by Crippen LogP contribution is 2.34. The number of carbonyl (C=O) groups is 2. The summed E-state index contributed by atoms with van der Waals surface area (Å²) in [4.78, 5) is 22.5. The average molecular weight is 269 g/mol. The SMILES string of the molecule is CC1(NC(=O)Nc2ccc(Cl)c(C(=O)O)c2)CC1. The van der Waals surface area contributed by atoms with Crippen molar-refractivity contribution in [3.8, 4) is 0 Å². The van der Waals surface area contributed by atoms with Gasteiger partial charge in [0.1, 0.15) is 0 Å². The molecule has 0 saturated heterocycles. The highest BCUT2D eigenvalue weighted by Gasteiger charge is 2.38. The Kier molecular flexibility index (Phi) is 3.17. The van der Waals surface area contributed by atoms with E-state index in [4.69, 9.17) is 16.7 Å². The predicted octanol–water partition coefficient (Wildman–Crippen LogP) is 2.71. The van der Waals surface area contributed by atoms with Gasteiger partial charge in [-0.3, -0.25) is 0 Å². The van der Waals surface area contributed by atoms with Crippen LogP contribution < -0.4 is 10.6 Å². The zero-order valence-electron chi connectivity index (χ0n) is 9.79. The molecule has 5 nitrogen and oxygen atoms in total. The van der Waals surface area contributed by atoms with Crippen molar-refractivity contribution in [2.45, 2.75) is 25.3 Å². The minimum Gasteiger partial charge on any atom is -0.478 e. The number of rotatable bonds is 3. The molecule has 0 spiro atoms. The smallest absolute Gasteiger partial charge is 0.337 e. The van der Waals surface area contributed by atoms with Gasteiger partial charge in [-0.05, 0) is 38.0 Å². The van der Waals surface area contributed by atoms with Gasteiger partial charge in [-0.25, -0.2) is 9.59 Å². The summed E-state index contributed by atoms with van der Waals surface area (Å²) in [6, 6.07) is 4.00. The Morgan fingerprint density at radius 3 is 2.61 bits per heavy atom. The van der Waals surface area contributed by atoms with Crippen LogP contribution in [0, 0.1) is 0 Å². The Balaban J connectivity index is 2.07. The van der Waals surface area contributed by atoms with Crippen molar-refractivity contribution in [1.82, 2.24) is 5.32 Å². The summed E-state index contributed by atoms with van der Waals surface area (Å²) in [6.45, 7) is 1.96. The summed E-state index contributed by atoms with van der Waals surface area (Å²) in [5, 5.41) is 14.4. The molecule has 3 N–H and O–H groups in total. The first kappa shape index (κ1) is 12.7. The lowest BCUT2D eigenvalue weighted by Gasteiger charge is -2.13. The molecule has 0 heterocycles. The molecule has 0 radical (unpaired) electrons. The number of carboxylic acid groups (broad SMARTS) is 1. The summed E-state index contributed by atoms with van der Waals surface area (Å²) in [5.74, 6) is -1.13. The lowest BCUT2D eigenvalue weighted by Crippen LogP contribution is -2.37. The highest BCUT2D eigenvalue weighted by atomic mass is 35.5. The summed E-state index contributed by atoms with van der Waals surface area (Å²) < 4.78 is 0. The van der Waals surface area contributed by atoms with Gasteiger partial charge in [0.05, 0.1) is 10.6 Å². The number of benzene rings is 1. The normalized spacial score (nSPS) is 15.9. The molecule has 0 unspecified atom stereocenters. The van der Waals surface area contributed by atoms with Crippen LogP contribution in [0.15, 0.2) is 18.2 Å². The maximum absolute atomic E-state index is 11.6. The molecule has 6 heteroatoms. The van der Waals surface area contributed by atoms with Crippen LogP contribution in [0.5, 0.6) is 0 Å². The van der Waals surface area contributed by atoms with Gasteiger partial charge in [0, 0.05) is 11.2 Å². The van der Waals surface area contributed by atoms with Crippen LogP contribution in [-0.4, -0.2) is 22.6 Å². The molecule has 2 amide bonds. The van der Waals surface area contributed by atoms with Gasteiger partial charge in [-0.2, -0.15) is 0 Å². The Labute approximate surface area is 109 Å². The van der Waals surface area contributed by atoms with Crippen LogP contribution >= 0.6 is 11.6 Å². The van der Waals surface area contributed by atoms with E-state index in [-0.39, 0.29) is 22.2 Å². The molecular weight excluding hydrogens is 256 g/mol. The molecule has 1 fully saturated rings. The van der Waals surface area contributed by atoms with Gasteiger partial charge in [-0.1, -0.05) is 11.6 Å². The van der Waals surface area contributed by atoms with Crippen LogP contribution in [0.25, 0.3) is 0 Å². The molecule has 1 aliphatic carbocycles. The first-order chi connectivity index (χ1) is 8.39. The fraction of sp³-hybridized carbons (Fsp3) is 0.333. The Bertz CT molecular complexity index is 512. The summed E-state index contributed by atoms with van der Waals surface area (Å²) in [5.41, 5.74) is 0.247. The van der Waals surface area contributed by atoms with Crippen molar-refractivity contribution < 1.29 is 14.7 Å². The van der Waals surface area contributed by atoms with Crippen LogP contribution in [0.1, 0.15) is 30.1 Å². The first-order valence-electron chi connectivity index (χ1n) is 5.52. The van der Waals surface area contributed by atoms with E-state index < -0.39 is 5.97 Å². The summed E-state index contributed by atoms with van der Waals surface area (Å²) in [6.07, 6.45) is 1.92. The van der Waals surface area contributed by atoms with Crippen LogP contribution in [-0.2, 0) is 0 Å². The molecule has 1 aromatic rings. The van der Waals surface area contributed by atoms with Crippen molar-refractivity contribution in [2.24, 2.45) is 0 Å². The van der Waals surface area contributed by atoms with E-state index in [2.05, 4.69) is 10.6 Å². The van der Waals surface area contributed by atoms with Crippen molar-refractivity contribution in [3.63, 3.8) is 0 Å². The van der Waals surface area contributed by atoms with E-state index in [1.165, 1.54) is 12.1 Å². The van der Waals surface area contributed by atoms with Gasteiger partial charge >= 0.3 is 12.0 Å². The Hall–Kier alpha value is -1.75. The van der Waals surface area contributed by atoms with E-state index in [9.17, 15) is 9.59 Å². The van der Waals surface area contributed by atoms with E-state index in [1.807, 2.05) is 6.92 Å². The number of amides is 2. The van der Waals surface area contributed by atoms with E-state index in [0.717, 1.165) is 12.8 Å². The van der Waals surface area contributed by atoms with E-state index in [1.54, 1.807) is 6.07 Å². The molecule has 0 bridgehead atoms. The third-order valence-electron chi connectivity index (χ3n) is 2.87. The van der Waals surface area contributed by atoms with Gasteiger partial charge in [-0.15, -0.1) is 0 Å². The van der Waals surface area contributed by atoms with Gasteiger partial charge in [0.2, 0.25) is 0 Å². The molecule has 0 aromatic heterocycles. The van der Waals surface area contributed by atoms with Crippen molar-refractivity contribution in [1.29, 1.82) is 0 Å². The fourth-order valence-corrected chi connectivity index (χ4v) is 1.71. The molecule has 0 aliphatic heterocycles. The van der Waals surface area contributed by atoms with E-state index >= 15 is 0 Å². The van der Waals surface area contributed by atoms with Gasteiger partial charge in [0.25, 0.3) is 0 Å². The topological polar surface area (TPSA) is 78.4 Å². The maximum Gasteiger partial charge on any atom is 0.337 e. The summed E-state index contributed by atoms with van der Waals surface area (Å²) in [7, 11) is 0. The third kappa shape index (κ3) is 2.92. The number of hydrogen-bond donors (Lipinski definition) is 3. The number of nitrogens with one attached hydrogen (secondary N) is 2. The van der Waals surface area contributed by atoms with Crippen LogP contribution in [0.4, 0.5) is 10.5 Å². The molecular formula is C12H13ClN2O3. The largest absolute Gasteiger partial charge is 0.478 e. The molecule has 1 aliphatic rings. The van der Waals surface area contributed by atoms with Crippen LogP contribution in [0.2, 0.25) is 5.02 Å². The number of urea groups is 1. The molecule has 1 saturated carbocycles. The van der Waals surface area contributed by atoms with Gasteiger partial charge < -0.3 is 15.7 Å². The Morgan fingerprint density at radius 2 is 2.06 bits per heavy atom. The molecule has 0 atom stereocenters. The average Bonchev–Trinajstić information content (AvgIpc) is 2.98. The summed E-state index contributed by atoms with van der Waals surface area (Å²) >= 11 is 5.74. The van der Waals surface area contributed by atoms with Crippen LogP contribution in [0.3, 0.4) is 0 Å². The fourth-order valence-electron chi connectivity index (χ4n) is 1.52. The number of carbonyl (C=O) groups excluding carboxylic acids is 1. The molecule has 96 valence electrons. The molecule has 2 rings (SSSR count). The number of halogens is 1. The zero-order chi connectivity index (χ0) is 13.3. The quantitative estimate of drug-likeness (QED) is 0.789. The monoisotopic (exact) mass is 268 g/mol. The molecule has 18 heavy (non-hydrogen) atoms. The number of carboxylic acids is 1. The van der Waals surface area contributed by atoms with Crippen molar-refractivity contribution in [2.75, 3.05) is 5.32 Å². The minimum atomic E-state index is -1.13. The van der Waals surface area contributed by atoms with E-state index in [0.29, 0.717) is 5.69 Å². The second kappa shape index (κ2) is 4.49. The van der Waals surface area contributed by atoms with Crippen molar-refractivity contribution in [3.05, 3.63) is 28.8 Å². The third-order valence-corrected chi connectivity index (χ3v) is 3.20. The standard InChI is InChI=1S/C12H13ClN2O3/c1-12(4-5-12)15-11(18)14-7-2-3-9(13)8(6-7)10(16)17/h2-3,6H,4-5H2,1H3,(H,16,17)(H2,14,15,18).